The zero-order chi connectivity index (χ0) is 43.0. The molecule has 0 saturated heterocycles. The topological polar surface area (TPSA) is 89.8 Å². The summed E-state index contributed by atoms with van der Waals surface area (Å²) in [6.45, 7) is 4.23. The Hall–Kier alpha value is -0.650. The van der Waals surface area contributed by atoms with Gasteiger partial charge in [0.15, 0.2) is 0 Å². The number of rotatable bonds is 51. The molecule has 0 fully saturated rings. The molecule has 1 amide bonds. The van der Waals surface area contributed by atoms with E-state index in [1.165, 1.54) is 257 Å². The Bertz CT molecular complexity index is 792. The van der Waals surface area contributed by atoms with Crippen molar-refractivity contribution in [2.75, 3.05) is 6.61 Å². The molecule has 0 bridgehead atoms. The molecule has 0 heterocycles. The molecule has 0 aromatic heterocycles. The van der Waals surface area contributed by atoms with Gasteiger partial charge in [-0.3, -0.25) is 4.79 Å². The van der Waals surface area contributed by atoms with Crippen molar-refractivity contribution in [1.82, 2.24) is 5.32 Å². The van der Waals surface area contributed by atoms with E-state index < -0.39 is 18.2 Å². The molecule has 0 aliphatic rings. The molecule has 4 N–H and O–H groups in total. The second-order valence-electron chi connectivity index (χ2n) is 19.2. The van der Waals surface area contributed by atoms with Crippen LogP contribution in [0.1, 0.15) is 316 Å². The molecule has 5 nitrogen and oxygen atoms in total. The molecular weight excluding hydrogens is 727 g/mol. The molecule has 354 valence electrons. The van der Waals surface area contributed by atoms with E-state index in [9.17, 15) is 20.1 Å². The first-order valence-corrected chi connectivity index (χ1v) is 27.3. The second kappa shape index (κ2) is 50.0. The van der Waals surface area contributed by atoms with Crippen molar-refractivity contribution >= 4 is 5.91 Å². The van der Waals surface area contributed by atoms with Gasteiger partial charge < -0.3 is 20.6 Å². The quantitative estimate of drug-likeness (QED) is 0.0460. The lowest BCUT2D eigenvalue weighted by Gasteiger charge is -2.26. The van der Waals surface area contributed by atoms with Crippen LogP contribution >= 0.6 is 0 Å². The molecule has 3 atom stereocenters. The van der Waals surface area contributed by atoms with E-state index in [4.69, 9.17) is 0 Å². The Balaban J connectivity index is 3.51. The predicted octanol–water partition coefficient (Wildman–Crippen LogP) is 16.6. The summed E-state index contributed by atoms with van der Waals surface area (Å²) >= 11 is 0. The standard InChI is InChI=1S/C54H109NO4/c1-3-5-7-9-11-13-15-17-19-21-23-25-27-28-30-32-34-36-38-40-42-44-46-48-52(57)54(59)51(50-56)55-53(58)49-47-45-43-41-39-37-35-33-31-29-26-24-22-20-18-16-14-12-10-8-6-4-2/h51-52,54,56-57,59H,3-50H2,1-2H3,(H,55,58). The molecule has 3 unspecified atom stereocenters. The lowest BCUT2D eigenvalue weighted by molar-refractivity contribution is -0.124. The van der Waals surface area contributed by atoms with Crippen molar-refractivity contribution in [2.45, 2.75) is 334 Å². The van der Waals surface area contributed by atoms with Gasteiger partial charge in [-0.25, -0.2) is 0 Å². The largest absolute Gasteiger partial charge is 0.394 e. The van der Waals surface area contributed by atoms with Crippen molar-refractivity contribution in [3.63, 3.8) is 0 Å². The number of carbonyl (C=O) groups excluding carboxylic acids is 1. The molecular formula is C54H109NO4. The van der Waals surface area contributed by atoms with Crippen molar-refractivity contribution < 1.29 is 20.1 Å². The van der Waals surface area contributed by atoms with E-state index >= 15 is 0 Å². The fraction of sp³-hybridized carbons (Fsp3) is 0.981. The first kappa shape index (κ1) is 58.4. The Morgan fingerprint density at radius 3 is 0.814 bits per heavy atom. The number of hydrogen-bond donors (Lipinski definition) is 4. The van der Waals surface area contributed by atoms with E-state index in [0.29, 0.717) is 12.8 Å². The highest BCUT2D eigenvalue weighted by atomic mass is 16.3. The highest BCUT2D eigenvalue weighted by Crippen LogP contribution is 2.18. The third-order valence-electron chi connectivity index (χ3n) is 13.2. The zero-order valence-corrected chi connectivity index (χ0v) is 40.4. The van der Waals surface area contributed by atoms with Gasteiger partial charge in [0.1, 0.15) is 6.10 Å². The Labute approximate surface area is 370 Å². The molecule has 0 aromatic rings. The van der Waals surface area contributed by atoms with Gasteiger partial charge >= 0.3 is 0 Å². The van der Waals surface area contributed by atoms with Crippen LogP contribution in [0.4, 0.5) is 0 Å². The Kier molecular flexibility index (Phi) is 49.4. The third kappa shape index (κ3) is 45.2. The minimum atomic E-state index is -1.13. The van der Waals surface area contributed by atoms with Gasteiger partial charge in [-0.05, 0) is 12.8 Å². The molecule has 0 saturated carbocycles. The van der Waals surface area contributed by atoms with Crippen LogP contribution in [0.3, 0.4) is 0 Å². The summed E-state index contributed by atoms with van der Waals surface area (Å²) in [5.41, 5.74) is 0. The van der Waals surface area contributed by atoms with Crippen molar-refractivity contribution in [3.8, 4) is 0 Å². The lowest BCUT2D eigenvalue weighted by atomic mass is 9.99. The maximum atomic E-state index is 12.5. The summed E-state index contributed by atoms with van der Waals surface area (Å²) in [7, 11) is 0. The number of unbranched alkanes of at least 4 members (excludes halogenated alkanes) is 43. The molecule has 59 heavy (non-hydrogen) atoms. The molecule has 0 spiro atoms. The number of nitrogens with one attached hydrogen (secondary N) is 1. The normalized spacial score (nSPS) is 13.2. The first-order valence-electron chi connectivity index (χ1n) is 27.3. The number of carbonyl (C=O) groups is 1. The second-order valence-corrected chi connectivity index (χ2v) is 19.2. The van der Waals surface area contributed by atoms with Crippen LogP contribution in [-0.2, 0) is 4.79 Å². The van der Waals surface area contributed by atoms with Crippen LogP contribution in [0.2, 0.25) is 0 Å². The van der Waals surface area contributed by atoms with Crippen LogP contribution < -0.4 is 5.32 Å². The van der Waals surface area contributed by atoms with Crippen molar-refractivity contribution in [1.29, 1.82) is 0 Å². The maximum absolute atomic E-state index is 12.5. The minimum Gasteiger partial charge on any atom is -0.394 e. The van der Waals surface area contributed by atoms with E-state index in [1.54, 1.807) is 0 Å². The summed E-state index contributed by atoms with van der Waals surface area (Å²) in [5.74, 6) is -0.136. The van der Waals surface area contributed by atoms with Gasteiger partial charge in [0, 0.05) is 6.42 Å². The van der Waals surface area contributed by atoms with Gasteiger partial charge in [-0.1, -0.05) is 296 Å². The van der Waals surface area contributed by atoms with Crippen molar-refractivity contribution in [2.24, 2.45) is 0 Å². The summed E-state index contributed by atoms with van der Waals surface area (Å²) in [4.78, 5) is 12.5. The van der Waals surface area contributed by atoms with Crippen LogP contribution in [-0.4, -0.2) is 46.1 Å². The average Bonchev–Trinajstić information content (AvgIpc) is 3.24. The summed E-state index contributed by atoms with van der Waals surface area (Å²) in [5, 5.41) is 33.8. The van der Waals surface area contributed by atoms with E-state index in [2.05, 4.69) is 19.2 Å². The zero-order valence-electron chi connectivity index (χ0n) is 40.4. The van der Waals surface area contributed by atoms with Crippen LogP contribution in [0.25, 0.3) is 0 Å². The molecule has 0 aromatic carbocycles. The van der Waals surface area contributed by atoms with Gasteiger partial charge in [0.05, 0.1) is 18.8 Å². The highest BCUT2D eigenvalue weighted by Gasteiger charge is 2.26. The maximum Gasteiger partial charge on any atom is 0.220 e. The molecule has 0 aliphatic carbocycles. The van der Waals surface area contributed by atoms with E-state index in [0.717, 1.165) is 32.1 Å². The SMILES string of the molecule is CCCCCCCCCCCCCCCCCCCCCCCCCC(O)C(O)C(CO)NC(=O)CCCCCCCCCCCCCCCCCCCCCCCC. The van der Waals surface area contributed by atoms with Gasteiger partial charge in [0.2, 0.25) is 5.91 Å². The van der Waals surface area contributed by atoms with Crippen LogP contribution in [0, 0.1) is 0 Å². The monoisotopic (exact) mass is 836 g/mol. The third-order valence-corrected chi connectivity index (χ3v) is 13.2. The van der Waals surface area contributed by atoms with Crippen LogP contribution in [0.15, 0.2) is 0 Å². The van der Waals surface area contributed by atoms with E-state index in [1.807, 2.05) is 0 Å². The fourth-order valence-electron chi connectivity index (χ4n) is 8.99. The smallest absolute Gasteiger partial charge is 0.220 e. The van der Waals surface area contributed by atoms with Crippen molar-refractivity contribution in [3.05, 3.63) is 0 Å². The highest BCUT2D eigenvalue weighted by molar-refractivity contribution is 5.76. The number of hydrogen-bond acceptors (Lipinski definition) is 4. The molecule has 0 radical (unpaired) electrons. The van der Waals surface area contributed by atoms with Crippen LogP contribution in [0.5, 0.6) is 0 Å². The number of aliphatic hydroxyl groups excluding tert-OH is 3. The summed E-state index contributed by atoms with van der Waals surface area (Å²) in [6.07, 6.45) is 59.6. The number of amides is 1. The molecule has 5 heteroatoms. The fourth-order valence-corrected chi connectivity index (χ4v) is 8.99. The first-order chi connectivity index (χ1) is 29.1. The molecule has 0 rings (SSSR count). The summed E-state index contributed by atoms with van der Waals surface area (Å²) < 4.78 is 0. The Morgan fingerprint density at radius 1 is 0.356 bits per heavy atom. The van der Waals surface area contributed by atoms with Gasteiger partial charge in [0.25, 0.3) is 0 Å². The minimum absolute atomic E-state index is 0.136. The summed E-state index contributed by atoms with van der Waals surface area (Å²) in [6, 6.07) is -0.804. The van der Waals surface area contributed by atoms with Gasteiger partial charge in [-0.2, -0.15) is 0 Å². The molecule has 0 aliphatic heterocycles. The lowest BCUT2D eigenvalue weighted by Crippen LogP contribution is -2.50. The number of aliphatic hydroxyl groups is 3. The average molecular weight is 836 g/mol. The van der Waals surface area contributed by atoms with E-state index in [-0.39, 0.29) is 12.5 Å². The van der Waals surface area contributed by atoms with Gasteiger partial charge in [-0.15, -0.1) is 0 Å². The predicted molar refractivity (Wildman–Crippen MR) is 259 cm³/mol. The Morgan fingerprint density at radius 2 is 0.576 bits per heavy atom.